The van der Waals surface area contributed by atoms with Crippen molar-refractivity contribution in [3.05, 3.63) is 23.9 Å². The van der Waals surface area contributed by atoms with Gasteiger partial charge in [-0.25, -0.2) is 4.98 Å². The average Bonchev–Trinajstić information content (AvgIpc) is 3.25. The van der Waals surface area contributed by atoms with Crippen LogP contribution in [0.25, 0.3) is 0 Å². The van der Waals surface area contributed by atoms with Crippen LogP contribution in [-0.4, -0.2) is 30.5 Å². The number of hydrogen-bond donors (Lipinski definition) is 1. The molecule has 1 amide bonds. The molecule has 0 aromatic carbocycles. The van der Waals surface area contributed by atoms with Crippen molar-refractivity contribution in [2.45, 2.75) is 51.4 Å². The topological polar surface area (TPSA) is 45.2 Å². The molecule has 2 bridgehead atoms. The van der Waals surface area contributed by atoms with Crippen molar-refractivity contribution < 1.29 is 4.79 Å². The van der Waals surface area contributed by atoms with Crippen molar-refractivity contribution >= 4 is 11.7 Å². The van der Waals surface area contributed by atoms with E-state index in [0.29, 0.717) is 0 Å². The van der Waals surface area contributed by atoms with E-state index >= 15 is 0 Å². The lowest BCUT2D eigenvalue weighted by Crippen LogP contribution is -2.34. The molecule has 3 atom stereocenters. The van der Waals surface area contributed by atoms with Gasteiger partial charge < -0.3 is 10.2 Å². The van der Waals surface area contributed by atoms with Gasteiger partial charge in [0.15, 0.2) is 0 Å². The average molecular weight is 327 g/mol. The van der Waals surface area contributed by atoms with E-state index < -0.39 is 0 Å². The lowest BCUT2D eigenvalue weighted by atomic mass is 9.86. The Hall–Kier alpha value is -1.58. The second-order valence-electron chi connectivity index (χ2n) is 7.90. The van der Waals surface area contributed by atoms with Crippen LogP contribution in [0.1, 0.15) is 61.7 Å². The van der Waals surface area contributed by atoms with Crippen molar-refractivity contribution in [1.29, 1.82) is 0 Å². The van der Waals surface area contributed by atoms with E-state index in [-0.39, 0.29) is 5.91 Å². The summed E-state index contributed by atoms with van der Waals surface area (Å²) in [6, 6.07) is 3.79. The largest absolute Gasteiger partial charge is 0.356 e. The minimum Gasteiger partial charge on any atom is -0.356 e. The molecule has 0 unspecified atom stereocenters. The van der Waals surface area contributed by atoms with E-state index in [1.165, 1.54) is 44.9 Å². The number of nitrogens with zero attached hydrogens (tertiary/aromatic N) is 2. The van der Waals surface area contributed by atoms with E-state index in [1.807, 2.05) is 12.1 Å². The minimum absolute atomic E-state index is 0.0480. The molecular weight excluding hydrogens is 298 g/mol. The molecule has 1 N–H and O–H groups in total. The fourth-order valence-corrected chi connectivity index (χ4v) is 5.13. The van der Waals surface area contributed by atoms with Gasteiger partial charge in [-0.2, -0.15) is 0 Å². The second-order valence-corrected chi connectivity index (χ2v) is 7.90. The van der Waals surface area contributed by atoms with Gasteiger partial charge in [-0.1, -0.05) is 6.42 Å². The predicted molar refractivity (Wildman–Crippen MR) is 96.2 cm³/mol. The van der Waals surface area contributed by atoms with Crippen molar-refractivity contribution in [2.24, 2.45) is 17.8 Å². The Morgan fingerprint density at radius 1 is 1.21 bits per heavy atom. The molecule has 4 rings (SSSR count). The van der Waals surface area contributed by atoms with Crippen LogP contribution in [0.3, 0.4) is 0 Å². The molecule has 3 aliphatic rings. The maximum Gasteiger partial charge on any atom is 0.255 e. The first-order valence-electron chi connectivity index (χ1n) is 9.79. The SMILES string of the molecule is O=C(NCC[C@H]1C[C@H]2CC[C@H]1C2)c1cccnc1N1CCCCC1. The first-order chi connectivity index (χ1) is 11.8. The van der Waals surface area contributed by atoms with Crippen LogP contribution < -0.4 is 10.2 Å². The summed E-state index contributed by atoms with van der Waals surface area (Å²) in [6.45, 7) is 2.84. The molecule has 1 aliphatic heterocycles. The number of amides is 1. The summed E-state index contributed by atoms with van der Waals surface area (Å²) in [5.74, 6) is 3.69. The monoisotopic (exact) mass is 327 g/mol. The van der Waals surface area contributed by atoms with Crippen LogP contribution in [0.4, 0.5) is 5.82 Å². The molecule has 4 heteroatoms. The second kappa shape index (κ2) is 7.12. The fourth-order valence-electron chi connectivity index (χ4n) is 5.13. The first kappa shape index (κ1) is 15.9. The van der Waals surface area contributed by atoms with Gasteiger partial charge in [0.2, 0.25) is 0 Å². The summed E-state index contributed by atoms with van der Waals surface area (Å²) < 4.78 is 0. The number of pyridine rings is 1. The highest BCUT2D eigenvalue weighted by Crippen LogP contribution is 2.49. The molecule has 2 heterocycles. The third-order valence-electron chi connectivity index (χ3n) is 6.37. The van der Waals surface area contributed by atoms with E-state index in [2.05, 4.69) is 15.2 Å². The summed E-state index contributed by atoms with van der Waals surface area (Å²) in [5, 5.41) is 3.16. The standard InChI is InChI=1S/C20H29N3O/c24-20(22-10-8-17-14-15-6-7-16(17)13-15)18-5-4-9-21-19(18)23-11-2-1-3-12-23/h4-5,9,15-17H,1-3,6-8,10-14H2,(H,22,24)/t15-,16-,17-/m0/s1. The Morgan fingerprint density at radius 3 is 2.83 bits per heavy atom. The van der Waals surface area contributed by atoms with E-state index in [4.69, 9.17) is 0 Å². The first-order valence-corrected chi connectivity index (χ1v) is 9.79. The third kappa shape index (κ3) is 3.28. The molecule has 1 aromatic heterocycles. The quantitative estimate of drug-likeness (QED) is 0.898. The van der Waals surface area contributed by atoms with Crippen LogP contribution in [-0.2, 0) is 0 Å². The van der Waals surface area contributed by atoms with E-state index in [1.54, 1.807) is 6.20 Å². The predicted octanol–water partition coefficient (Wildman–Crippen LogP) is 3.63. The Morgan fingerprint density at radius 2 is 2.08 bits per heavy atom. The Balaban J connectivity index is 1.34. The molecule has 3 fully saturated rings. The summed E-state index contributed by atoms with van der Waals surface area (Å²) in [6.07, 6.45) is 12.3. The molecule has 1 saturated heterocycles. The summed E-state index contributed by atoms with van der Waals surface area (Å²) in [7, 11) is 0. The number of carbonyl (C=O) groups excluding carboxylic acids is 1. The van der Waals surface area contributed by atoms with Crippen molar-refractivity contribution in [3.8, 4) is 0 Å². The summed E-state index contributed by atoms with van der Waals surface area (Å²) >= 11 is 0. The highest BCUT2D eigenvalue weighted by atomic mass is 16.1. The number of nitrogens with one attached hydrogen (secondary N) is 1. The number of anilines is 1. The molecule has 2 aliphatic carbocycles. The number of carbonyl (C=O) groups is 1. The Kier molecular flexibility index (Phi) is 4.72. The number of hydrogen-bond acceptors (Lipinski definition) is 3. The zero-order valence-electron chi connectivity index (χ0n) is 14.5. The van der Waals surface area contributed by atoms with Gasteiger partial charge >= 0.3 is 0 Å². The minimum atomic E-state index is 0.0480. The fraction of sp³-hybridized carbons (Fsp3) is 0.700. The smallest absolute Gasteiger partial charge is 0.255 e. The van der Waals surface area contributed by atoms with Gasteiger partial charge in [-0.05, 0) is 74.8 Å². The molecule has 1 aromatic rings. The third-order valence-corrected chi connectivity index (χ3v) is 6.37. The number of fused-ring (bicyclic) bond motifs is 2. The zero-order valence-corrected chi connectivity index (χ0v) is 14.5. The Labute approximate surface area is 145 Å². The van der Waals surface area contributed by atoms with Gasteiger partial charge in [0.05, 0.1) is 5.56 Å². The summed E-state index contributed by atoms with van der Waals surface area (Å²) in [5.41, 5.74) is 0.743. The van der Waals surface area contributed by atoms with Crippen molar-refractivity contribution in [1.82, 2.24) is 10.3 Å². The van der Waals surface area contributed by atoms with Crippen LogP contribution in [0, 0.1) is 17.8 Å². The zero-order chi connectivity index (χ0) is 16.4. The normalized spacial score (nSPS) is 29.0. The van der Waals surface area contributed by atoms with Gasteiger partial charge in [0, 0.05) is 25.8 Å². The van der Waals surface area contributed by atoms with Crippen LogP contribution in [0.2, 0.25) is 0 Å². The number of aromatic nitrogens is 1. The van der Waals surface area contributed by atoms with Crippen molar-refractivity contribution in [2.75, 3.05) is 24.5 Å². The van der Waals surface area contributed by atoms with Gasteiger partial charge in [0.25, 0.3) is 5.91 Å². The van der Waals surface area contributed by atoms with Gasteiger partial charge in [-0.3, -0.25) is 4.79 Å². The van der Waals surface area contributed by atoms with Gasteiger partial charge in [0.1, 0.15) is 5.82 Å². The molecule has 24 heavy (non-hydrogen) atoms. The van der Waals surface area contributed by atoms with E-state index in [9.17, 15) is 4.79 Å². The summed E-state index contributed by atoms with van der Waals surface area (Å²) in [4.78, 5) is 19.4. The lowest BCUT2D eigenvalue weighted by Gasteiger charge is -2.29. The maximum absolute atomic E-state index is 12.7. The maximum atomic E-state index is 12.7. The molecule has 2 saturated carbocycles. The molecule has 4 nitrogen and oxygen atoms in total. The lowest BCUT2D eigenvalue weighted by molar-refractivity contribution is 0.0950. The Bertz CT molecular complexity index is 582. The molecular formula is C20H29N3O. The van der Waals surface area contributed by atoms with E-state index in [0.717, 1.165) is 55.2 Å². The number of rotatable bonds is 5. The molecule has 0 spiro atoms. The highest BCUT2D eigenvalue weighted by molar-refractivity contribution is 5.98. The van der Waals surface area contributed by atoms with Crippen LogP contribution in [0.15, 0.2) is 18.3 Å². The number of piperidine rings is 1. The van der Waals surface area contributed by atoms with Gasteiger partial charge in [-0.15, -0.1) is 0 Å². The van der Waals surface area contributed by atoms with Crippen molar-refractivity contribution in [3.63, 3.8) is 0 Å². The van der Waals surface area contributed by atoms with Crippen LogP contribution in [0.5, 0.6) is 0 Å². The highest BCUT2D eigenvalue weighted by Gasteiger charge is 2.38. The molecule has 0 radical (unpaired) electrons. The molecule has 130 valence electrons. The van der Waals surface area contributed by atoms with Crippen LogP contribution >= 0.6 is 0 Å².